The van der Waals surface area contributed by atoms with E-state index in [1.165, 1.54) is 11.3 Å². The van der Waals surface area contributed by atoms with Crippen molar-refractivity contribution in [3.05, 3.63) is 65.0 Å². The molecular formula is C19H19N3OS. The maximum Gasteiger partial charge on any atom is 0.187 e. The summed E-state index contributed by atoms with van der Waals surface area (Å²) in [7, 11) is 0. The van der Waals surface area contributed by atoms with Crippen molar-refractivity contribution in [3.63, 3.8) is 0 Å². The molecule has 3 rings (SSSR count). The molecule has 0 unspecified atom stereocenters. The van der Waals surface area contributed by atoms with E-state index in [1.54, 1.807) is 18.2 Å². The molecule has 3 aromatic rings. The number of hydrogen-bond acceptors (Lipinski definition) is 5. The van der Waals surface area contributed by atoms with Gasteiger partial charge >= 0.3 is 0 Å². The van der Waals surface area contributed by atoms with E-state index in [2.05, 4.69) is 10.3 Å². The fourth-order valence-corrected chi connectivity index (χ4v) is 3.72. The number of aromatic nitrogens is 1. The molecule has 0 amide bonds. The molecule has 4 nitrogen and oxygen atoms in total. The Labute approximate surface area is 145 Å². The van der Waals surface area contributed by atoms with Gasteiger partial charge < -0.3 is 11.1 Å². The first-order valence-corrected chi connectivity index (χ1v) is 8.48. The number of nitrogen functional groups attached to an aromatic ring is 1. The number of allylic oxidation sites excluding steroid dienone is 2. The Morgan fingerprint density at radius 2 is 1.96 bits per heavy atom. The number of benzene rings is 1. The molecule has 0 spiro atoms. The standard InChI is InChI=1S/C19H19N3OS/c1-11-9-12(2)22-19-16(11)17(18(20)24-19)21-13(3)10-15(23)14-7-5-4-6-8-14/h4-10,21H,20H2,1-3H3/b13-10+. The monoisotopic (exact) mass is 337 g/mol. The van der Waals surface area contributed by atoms with Crippen molar-refractivity contribution in [2.75, 3.05) is 11.1 Å². The van der Waals surface area contributed by atoms with Crippen LogP contribution < -0.4 is 11.1 Å². The molecule has 2 heterocycles. The third-order valence-corrected chi connectivity index (χ3v) is 4.66. The van der Waals surface area contributed by atoms with Gasteiger partial charge in [0.25, 0.3) is 0 Å². The average molecular weight is 337 g/mol. The van der Waals surface area contributed by atoms with Gasteiger partial charge in [-0.05, 0) is 32.4 Å². The van der Waals surface area contributed by atoms with Crippen LogP contribution in [0.3, 0.4) is 0 Å². The number of ketones is 1. The minimum absolute atomic E-state index is 0.0376. The highest BCUT2D eigenvalue weighted by Gasteiger charge is 2.14. The molecule has 0 saturated carbocycles. The molecule has 5 heteroatoms. The Bertz CT molecular complexity index is 942. The summed E-state index contributed by atoms with van der Waals surface area (Å²) in [6.07, 6.45) is 1.59. The van der Waals surface area contributed by atoms with E-state index in [-0.39, 0.29) is 5.78 Å². The third kappa shape index (κ3) is 3.16. The number of pyridine rings is 1. The number of carbonyl (C=O) groups excluding carboxylic acids is 1. The molecule has 24 heavy (non-hydrogen) atoms. The summed E-state index contributed by atoms with van der Waals surface area (Å²) in [5.74, 6) is -0.0376. The lowest BCUT2D eigenvalue weighted by atomic mass is 10.1. The molecule has 0 saturated heterocycles. The molecule has 3 N–H and O–H groups in total. The lowest BCUT2D eigenvalue weighted by Crippen LogP contribution is -2.02. The zero-order valence-electron chi connectivity index (χ0n) is 13.9. The van der Waals surface area contributed by atoms with Gasteiger partial charge in [0.05, 0.1) is 5.69 Å². The number of thiophene rings is 1. The topological polar surface area (TPSA) is 68.0 Å². The summed E-state index contributed by atoms with van der Waals surface area (Å²) in [6, 6.07) is 11.2. The van der Waals surface area contributed by atoms with Crippen LogP contribution >= 0.6 is 11.3 Å². The molecule has 122 valence electrons. The van der Waals surface area contributed by atoms with E-state index in [0.717, 1.165) is 32.9 Å². The van der Waals surface area contributed by atoms with E-state index in [0.29, 0.717) is 10.6 Å². The lowest BCUT2D eigenvalue weighted by Gasteiger charge is -2.08. The van der Waals surface area contributed by atoms with Gasteiger partial charge in [-0.2, -0.15) is 0 Å². The number of aryl methyl sites for hydroxylation is 2. The van der Waals surface area contributed by atoms with Crippen LogP contribution in [0.5, 0.6) is 0 Å². The van der Waals surface area contributed by atoms with Crippen LogP contribution in [0, 0.1) is 13.8 Å². The summed E-state index contributed by atoms with van der Waals surface area (Å²) in [6.45, 7) is 5.88. The molecule has 0 aliphatic heterocycles. The Morgan fingerprint density at radius 1 is 1.25 bits per heavy atom. The largest absolute Gasteiger partial charge is 0.389 e. The van der Waals surface area contributed by atoms with Crippen molar-refractivity contribution < 1.29 is 4.79 Å². The number of anilines is 2. The van der Waals surface area contributed by atoms with Crippen LogP contribution in [0.4, 0.5) is 10.7 Å². The van der Waals surface area contributed by atoms with Crippen LogP contribution in [0.25, 0.3) is 10.2 Å². The van der Waals surface area contributed by atoms with E-state index in [1.807, 2.05) is 45.0 Å². The Kier molecular flexibility index (Phi) is 4.36. The zero-order chi connectivity index (χ0) is 17.3. The second-order valence-electron chi connectivity index (χ2n) is 5.78. The van der Waals surface area contributed by atoms with Crippen molar-refractivity contribution in [2.24, 2.45) is 0 Å². The van der Waals surface area contributed by atoms with Gasteiger partial charge in [0, 0.05) is 28.4 Å². The summed E-state index contributed by atoms with van der Waals surface area (Å²) in [5, 5.41) is 4.97. The predicted molar refractivity (Wildman–Crippen MR) is 102 cm³/mol. The van der Waals surface area contributed by atoms with Gasteiger partial charge in [0.15, 0.2) is 5.78 Å². The number of nitrogens with one attached hydrogen (secondary N) is 1. The molecular weight excluding hydrogens is 318 g/mol. The zero-order valence-corrected chi connectivity index (χ0v) is 14.7. The van der Waals surface area contributed by atoms with Crippen LogP contribution in [0.2, 0.25) is 0 Å². The van der Waals surface area contributed by atoms with Gasteiger partial charge in [-0.3, -0.25) is 4.79 Å². The number of rotatable bonds is 4. The van der Waals surface area contributed by atoms with E-state index < -0.39 is 0 Å². The fraction of sp³-hybridized carbons (Fsp3) is 0.158. The number of hydrogen-bond donors (Lipinski definition) is 2. The Morgan fingerprint density at radius 3 is 2.67 bits per heavy atom. The first kappa shape index (κ1) is 16.2. The quantitative estimate of drug-likeness (QED) is 0.535. The summed E-state index contributed by atoms with van der Waals surface area (Å²) in [5.41, 5.74) is 10.5. The van der Waals surface area contributed by atoms with Crippen LogP contribution in [0.1, 0.15) is 28.5 Å². The van der Waals surface area contributed by atoms with Crippen LogP contribution in [0.15, 0.2) is 48.2 Å². The van der Waals surface area contributed by atoms with E-state index in [4.69, 9.17) is 5.73 Å². The number of fused-ring (bicyclic) bond motifs is 1. The predicted octanol–water partition coefficient (Wildman–Crippen LogP) is 4.69. The molecule has 0 aliphatic rings. The number of nitrogens with zero attached hydrogens (tertiary/aromatic N) is 1. The first-order valence-electron chi connectivity index (χ1n) is 7.66. The van der Waals surface area contributed by atoms with Crippen molar-refractivity contribution in [3.8, 4) is 0 Å². The summed E-state index contributed by atoms with van der Waals surface area (Å²) < 4.78 is 0. The second kappa shape index (κ2) is 6.45. The van der Waals surface area contributed by atoms with Crippen LogP contribution in [-0.4, -0.2) is 10.8 Å². The van der Waals surface area contributed by atoms with Crippen molar-refractivity contribution in [1.82, 2.24) is 4.98 Å². The maximum absolute atomic E-state index is 12.3. The average Bonchev–Trinajstić information content (AvgIpc) is 2.83. The second-order valence-corrected chi connectivity index (χ2v) is 6.82. The third-order valence-electron chi connectivity index (χ3n) is 3.74. The highest BCUT2D eigenvalue weighted by molar-refractivity contribution is 7.23. The van der Waals surface area contributed by atoms with Crippen molar-refractivity contribution >= 4 is 38.0 Å². The van der Waals surface area contributed by atoms with Gasteiger partial charge in [-0.15, -0.1) is 0 Å². The number of nitrogens with two attached hydrogens (primary N) is 1. The molecule has 0 fully saturated rings. The lowest BCUT2D eigenvalue weighted by molar-refractivity contribution is 0.104. The van der Waals surface area contributed by atoms with Crippen molar-refractivity contribution in [2.45, 2.75) is 20.8 Å². The summed E-state index contributed by atoms with van der Waals surface area (Å²) in [4.78, 5) is 17.7. The summed E-state index contributed by atoms with van der Waals surface area (Å²) >= 11 is 1.46. The smallest absolute Gasteiger partial charge is 0.187 e. The molecule has 0 radical (unpaired) electrons. The van der Waals surface area contributed by atoms with Crippen molar-refractivity contribution in [1.29, 1.82) is 0 Å². The highest BCUT2D eigenvalue weighted by Crippen LogP contribution is 2.39. The minimum atomic E-state index is -0.0376. The highest BCUT2D eigenvalue weighted by atomic mass is 32.1. The normalized spacial score (nSPS) is 11.7. The Hall–Kier alpha value is -2.66. The van der Waals surface area contributed by atoms with E-state index in [9.17, 15) is 4.79 Å². The molecule has 0 atom stereocenters. The minimum Gasteiger partial charge on any atom is -0.389 e. The number of carbonyl (C=O) groups is 1. The van der Waals surface area contributed by atoms with Crippen LogP contribution in [-0.2, 0) is 0 Å². The molecule has 2 aromatic heterocycles. The molecule has 0 aliphatic carbocycles. The molecule has 1 aromatic carbocycles. The van der Waals surface area contributed by atoms with E-state index >= 15 is 0 Å². The van der Waals surface area contributed by atoms with Gasteiger partial charge in [-0.1, -0.05) is 41.7 Å². The molecule has 0 bridgehead atoms. The first-order chi connectivity index (χ1) is 11.5. The van der Waals surface area contributed by atoms with Gasteiger partial charge in [0.2, 0.25) is 0 Å². The fourth-order valence-electron chi connectivity index (χ4n) is 2.70. The SMILES string of the molecule is C/C(=C\C(=O)c1ccccc1)Nc1c(N)sc2nc(C)cc(C)c12. The Balaban J connectivity index is 1.94. The van der Waals surface area contributed by atoms with Gasteiger partial charge in [-0.25, -0.2) is 4.98 Å². The maximum atomic E-state index is 12.3. The van der Waals surface area contributed by atoms with Gasteiger partial charge in [0.1, 0.15) is 9.83 Å².